The molecule has 2 atom stereocenters. The Morgan fingerprint density at radius 2 is 0.648 bits per heavy atom. The van der Waals surface area contributed by atoms with E-state index in [2.05, 4.69) is 19.2 Å². The van der Waals surface area contributed by atoms with Crippen molar-refractivity contribution in [3.63, 3.8) is 0 Å². The van der Waals surface area contributed by atoms with E-state index in [1.807, 2.05) is 6.08 Å². The summed E-state index contributed by atoms with van der Waals surface area (Å²) >= 11 is 0. The SMILES string of the molecule is CCCCCCCCCCCCCCCCCCCCCC/C=C/C(O)C(CO)NC(=O)CCCCCCCCCCCCCCCCCCCCCCOC(=O)CCCCCCCCCCCCCC. The van der Waals surface area contributed by atoms with Crippen molar-refractivity contribution in [1.29, 1.82) is 0 Å². The molecule has 0 radical (unpaired) electrons. The molecule has 1 amide bonds. The van der Waals surface area contributed by atoms with Gasteiger partial charge in [-0.15, -0.1) is 0 Å². The second-order valence-corrected chi connectivity index (χ2v) is 22.5. The molecule has 0 heterocycles. The predicted octanol–water partition coefficient (Wildman–Crippen LogP) is 20.4. The summed E-state index contributed by atoms with van der Waals surface area (Å²) in [6, 6.07) is -0.629. The molecule has 2 unspecified atom stereocenters. The van der Waals surface area contributed by atoms with E-state index in [1.165, 1.54) is 302 Å². The molecular weight excluding hydrogens is 875 g/mol. The summed E-state index contributed by atoms with van der Waals surface area (Å²) in [5.74, 6) is -0.0540. The second kappa shape index (κ2) is 61.1. The number of carbonyl (C=O) groups is 2. The van der Waals surface area contributed by atoms with Gasteiger partial charge in [0.2, 0.25) is 5.91 Å². The third-order valence-electron chi connectivity index (χ3n) is 15.3. The summed E-state index contributed by atoms with van der Waals surface area (Å²) in [6.07, 6.45) is 74.0. The minimum atomic E-state index is -0.846. The number of allylic oxidation sites excluding steroid dienone is 1. The predicted molar refractivity (Wildman–Crippen MR) is 310 cm³/mol. The molecule has 0 aliphatic carbocycles. The van der Waals surface area contributed by atoms with E-state index in [4.69, 9.17) is 4.74 Å². The number of nitrogens with one attached hydrogen (secondary N) is 1. The number of aliphatic hydroxyl groups excluding tert-OH is 2. The zero-order valence-corrected chi connectivity index (χ0v) is 48.2. The molecule has 0 bridgehead atoms. The van der Waals surface area contributed by atoms with Gasteiger partial charge in [-0.1, -0.05) is 334 Å². The highest BCUT2D eigenvalue weighted by Crippen LogP contribution is 2.18. The molecule has 0 spiro atoms. The van der Waals surface area contributed by atoms with Crippen molar-refractivity contribution in [2.45, 2.75) is 379 Å². The molecular formula is C65H127NO5. The standard InChI is InChI=1S/C65H127NO5/c1-3-5-7-9-11-13-15-17-18-19-20-21-22-25-28-31-34-37-41-45-49-53-57-63(68)62(61-67)66-64(69)58-54-50-46-42-38-35-32-29-26-23-24-27-30-33-36-40-44-48-52-56-60-71-65(70)59-55-51-47-43-39-16-14-12-10-8-6-4-2/h53,57,62-63,67-68H,3-52,54-56,58-61H2,1-2H3,(H,66,69)/b57-53+. The van der Waals surface area contributed by atoms with Gasteiger partial charge in [0.1, 0.15) is 0 Å². The molecule has 422 valence electrons. The third kappa shape index (κ3) is 57.7. The Morgan fingerprint density at radius 1 is 0.380 bits per heavy atom. The molecule has 3 N–H and O–H groups in total. The van der Waals surface area contributed by atoms with Crippen molar-refractivity contribution < 1.29 is 24.5 Å². The fourth-order valence-electron chi connectivity index (χ4n) is 10.3. The van der Waals surface area contributed by atoms with E-state index >= 15 is 0 Å². The van der Waals surface area contributed by atoms with Crippen molar-refractivity contribution in [3.05, 3.63) is 12.2 Å². The van der Waals surface area contributed by atoms with Gasteiger partial charge < -0.3 is 20.3 Å². The lowest BCUT2D eigenvalue weighted by atomic mass is 10.0. The zero-order chi connectivity index (χ0) is 51.4. The van der Waals surface area contributed by atoms with E-state index in [9.17, 15) is 19.8 Å². The Bertz CT molecular complexity index is 1060. The topological polar surface area (TPSA) is 95.9 Å². The molecule has 71 heavy (non-hydrogen) atoms. The Balaban J connectivity index is 3.42. The maximum absolute atomic E-state index is 12.5. The van der Waals surface area contributed by atoms with E-state index in [0.717, 1.165) is 38.5 Å². The van der Waals surface area contributed by atoms with Crippen LogP contribution >= 0.6 is 0 Å². The number of esters is 1. The first-order valence-electron chi connectivity index (χ1n) is 32.5. The van der Waals surface area contributed by atoms with Crippen LogP contribution in [0.4, 0.5) is 0 Å². The van der Waals surface area contributed by atoms with Crippen LogP contribution in [-0.2, 0) is 14.3 Å². The lowest BCUT2D eigenvalue weighted by Gasteiger charge is -2.20. The molecule has 0 aromatic rings. The molecule has 0 rings (SSSR count). The van der Waals surface area contributed by atoms with Gasteiger partial charge in [-0.3, -0.25) is 9.59 Å². The van der Waals surface area contributed by atoms with Crippen molar-refractivity contribution in [2.24, 2.45) is 0 Å². The van der Waals surface area contributed by atoms with Crippen LogP contribution in [0.25, 0.3) is 0 Å². The third-order valence-corrected chi connectivity index (χ3v) is 15.3. The Labute approximate surface area is 444 Å². The van der Waals surface area contributed by atoms with Gasteiger partial charge in [-0.05, 0) is 32.1 Å². The van der Waals surface area contributed by atoms with Gasteiger partial charge in [-0.2, -0.15) is 0 Å². The highest BCUT2D eigenvalue weighted by molar-refractivity contribution is 5.76. The molecule has 0 aliphatic rings. The Hall–Kier alpha value is -1.40. The molecule has 6 nitrogen and oxygen atoms in total. The number of aliphatic hydroxyl groups is 2. The van der Waals surface area contributed by atoms with Crippen LogP contribution in [0.15, 0.2) is 12.2 Å². The molecule has 0 saturated carbocycles. The van der Waals surface area contributed by atoms with E-state index < -0.39 is 12.1 Å². The first-order chi connectivity index (χ1) is 35.0. The zero-order valence-electron chi connectivity index (χ0n) is 48.2. The first kappa shape index (κ1) is 69.6. The van der Waals surface area contributed by atoms with Crippen molar-refractivity contribution in [3.8, 4) is 0 Å². The number of hydrogen-bond acceptors (Lipinski definition) is 5. The van der Waals surface area contributed by atoms with Crippen LogP contribution in [0.5, 0.6) is 0 Å². The number of hydrogen-bond donors (Lipinski definition) is 3. The van der Waals surface area contributed by atoms with Crippen LogP contribution in [0.2, 0.25) is 0 Å². The van der Waals surface area contributed by atoms with Crippen molar-refractivity contribution >= 4 is 11.9 Å². The van der Waals surface area contributed by atoms with E-state index in [-0.39, 0.29) is 18.5 Å². The molecule has 0 saturated heterocycles. The molecule has 0 aromatic carbocycles. The van der Waals surface area contributed by atoms with Gasteiger partial charge in [0.15, 0.2) is 0 Å². The van der Waals surface area contributed by atoms with Crippen molar-refractivity contribution in [1.82, 2.24) is 5.32 Å². The maximum atomic E-state index is 12.5. The van der Waals surface area contributed by atoms with E-state index in [0.29, 0.717) is 19.4 Å². The smallest absolute Gasteiger partial charge is 0.305 e. The number of ether oxygens (including phenoxy) is 1. The summed E-state index contributed by atoms with van der Waals surface area (Å²) in [5.41, 5.74) is 0. The number of amides is 1. The fourth-order valence-corrected chi connectivity index (χ4v) is 10.3. The summed E-state index contributed by atoms with van der Waals surface area (Å²) in [7, 11) is 0. The van der Waals surface area contributed by atoms with E-state index in [1.54, 1.807) is 6.08 Å². The van der Waals surface area contributed by atoms with Gasteiger partial charge in [0, 0.05) is 12.8 Å². The minimum Gasteiger partial charge on any atom is -0.466 e. The van der Waals surface area contributed by atoms with Gasteiger partial charge in [0.25, 0.3) is 0 Å². The largest absolute Gasteiger partial charge is 0.466 e. The molecule has 0 aliphatic heterocycles. The summed E-state index contributed by atoms with van der Waals surface area (Å²) < 4.78 is 5.48. The molecule has 0 fully saturated rings. The maximum Gasteiger partial charge on any atom is 0.305 e. The summed E-state index contributed by atoms with van der Waals surface area (Å²) in [6.45, 7) is 4.93. The quantitative estimate of drug-likeness (QED) is 0.0320. The summed E-state index contributed by atoms with van der Waals surface area (Å²) in [4.78, 5) is 24.5. The monoisotopic (exact) mass is 1000 g/mol. The Morgan fingerprint density at radius 3 is 0.958 bits per heavy atom. The van der Waals surface area contributed by atoms with Crippen molar-refractivity contribution in [2.75, 3.05) is 13.2 Å². The fraction of sp³-hybridized carbons (Fsp3) is 0.938. The van der Waals surface area contributed by atoms with Crippen LogP contribution in [0.1, 0.15) is 367 Å². The average Bonchev–Trinajstić information content (AvgIpc) is 3.37. The van der Waals surface area contributed by atoms with Crippen LogP contribution in [-0.4, -0.2) is 47.4 Å². The van der Waals surface area contributed by atoms with Gasteiger partial charge >= 0.3 is 5.97 Å². The average molecular weight is 1000 g/mol. The first-order valence-corrected chi connectivity index (χ1v) is 32.5. The van der Waals surface area contributed by atoms with Gasteiger partial charge in [0.05, 0.1) is 25.4 Å². The van der Waals surface area contributed by atoms with Gasteiger partial charge in [-0.25, -0.2) is 0 Å². The molecule has 6 heteroatoms. The number of unbranched alkanes of at least 4 members (excludes halogenated alkanes) is 50. The highest BCUT2D eigenvalue weighted by atomic mass is 16.5. The second-order valence-electron chi connectivity index (χ2n) is 22.5. The lowest BCUT2D eigenvalue weighted by molar-refractivity contribution is -0.143. The Kier molecular flexibility index (Phi) is 59.9. The van der Waals surface area contributed by atoms with Crippen LogP contribution < -0.4 is 5.32 Å². The van der Waals surface area contributed by atoms with Crippen LogP contribution in [0, 0.1) is 0 Å². The minimum absolute atomic E-state index is 0.0115. The molecule has 0 aromatic heterocycles. The number of rotatable bonds is 61. The normalized spacial score (nSPS) is 12.6. The lowest BCUT2D eigenvalue weighted by Crippen LogP contribution is -2.45. The number of carbonyl (C=O) groups excluding carboxylic acids is 2. The van der Waals surface area contributed by atoms with Crippen LogP contribution in [0.3, 0.4) is 0 Å². The highest BCUT2D eigenvalue weighted by Gasteiger charge is 2.18. The summed E-state index contributed by atoms with van der Waals surface area (Å²) in [5, 5.41) is 23.2.